The minimum Gasteiger partial charge on any atom is -0.350 e. The summed E-state index contributed by atoms with van der Waals surface area (Å²) in [6, 6.07) is 6.75. The van der Waals surface area contributed by atoms with Gasteiger partial charge in [0.1, 0.15) is 0 Å². The molecular weight excluding hydrogens is 196 g/mol. The Balaban J connectivity index is 2.13. The van der Waals surface area contributed by atoms with Crippen LogP contribution in [-0.4, -0.2) is 29.6 Å². The first-order valence-corrected chi connectivity index (χ1v) is 5.89. The fraction of sp³-hybridized carbons (Fsp3) is 0.429. The molecule has 2 nitrogen and oxygen atoms in total. The Morgan fingerprint density at radius 2 is 1.94 bits per heavy atom. The molecule has 16 heavy (non-hydrogen) atoms. The van der Waals surface area contributed by atoms with E-state index in [4.69, 9.17) is 0 Å². The maximum atomic E-state index is 2.37. The van der Waals surface area contributed by atoms with Crippen LogP contribution in [0.1, 0.15) is 17.0 Å². The molecule has 1 saturated heterocycles. The van der Waals surface area contributed by atoms with Crippen LogP contribution in [0.3, 0.4) is 0 Å². The smallest absolute Gasteiger partial charge is 0.0480 e. The standard InChI is InChI=1S/C14H18N2/c1-10-4-5-14-12(6-10)13(9-16(14)3)11-7-15(2)8-11/h4-6,9,11H,7-8H2,1-3H3. The lowest BCUT2D eigenvalue weighted by molar-refractivity contribution is 0.190. The van der Waals surface area contributed by atoms with Crippen molar-refractivity contribution in [2.75, 3.05) is 20.1 Å². The summed E-state index contributed by atoms with van der Waals surface area (Å²) in [4.78, 5) is 2.37. The predicted molar refractivity (Wildman–Crippen MR) is 67.9 cm³/mol. The van der Waals surface area contributed by atoms with E-state index < -0.39 is 0 Å². The van der Waals surface area contributed by atoms with Crippen LogP contribution < -0.4 is 0 Å². The van der Waals surface area contributed by atoms with Crippen molar-refractivity contribution in [2.45, 2.75) is 12.8 Å². The number of hydrogen-bond donors (Lipinski definition) is 0. The zero-order valence-corrected chi connectivity index (χ0v) is 10.2. The third kappa shape index (κ3) is 1.37. The number of fused-ring (bicyclic) bond motifs is 1. The maximum absolute atomic E-state index is 2.37. The second-order valence-electron chi connectivity index (χ2n) is 5.13. The van der Waals surface area contributed by atoms with Crippen molar-refractivity contribution in [1.29, 1.82) is 0 Å². The Hall–Kier alpha value is -1.28. The van der Waals surface area contributed by atoms with Crippen LogP contribution in [0.2, 0.25) is 0 Å². The number of likely N-dealkylation sites (N-methyl/N-ethyl adjacent to an activating group) is 1. The van der Waals surface area contributed by atoms with Crippen molar-refractivity contribution in [2.24, 2.45) is 7.05 Å². The molecular formula is C14H18N2. The van der Waals surface area contributed by atoms with Gasteiger partial charge in [-0.05, 0) is 31.7 Å². The lowest BCUT2D eigenvalue weighted by atomic mass is 9.91. The minimum absolute atomic E-state index is 0.732. The van der Waals surface area contributed by atoms with Gasteiger partial charge in [0.25, 0.3) is 0 Å². The highest BCUT2D eigenvalue weighted by Crippen LogP contribution is 2.33. The fourth-order valence-electron chi connectivity index (χ4n) is 2.76. The highest BCUT2D eigenvalue weighted by atomic mass is 15.2. The number of aromatic nitrogens is 1. The first-order valence-electron chi connectivity index (χ1n) is 5.89. The average Bonchev–Trinajstić information content (AvgIpc) is 2.51. The maximum Gasteiger partial charge on any atom is 0.0480 e. The summed E-state index contributed by atoms with van der Waals surface area (Å²) in [7, 11) is 4.33. The number of likely N-dealkylation sites (tertiary alicyclic amines) is 1. The number of nitrogens with zero attached hydrogens (tertiary/aromatic N) is 2. The molecule has 1 aliphatic heterocycles. The molecule has 0 amide bonds. The van der Waals surface area contributed by atoms with E-state index in [2.05, 4.69) is 54.9 Å². The molecule has 0 radical (unpaired) electrons. The Kier molecular flexibility index (Phi) is 2.08. The first-order chi connectivity index (χ1) is 7.65. The number of rotatable bonds is 1. The molecule has 84 valence electrons. The molecule has 0 atom stereocenters. The third-order valence-electron chi connectivity index (χ3n) is 3.68. The lowest BCUT2D eigenvalue weighted by Gasteiger charge is -2.36. The molecule has 0 N–H and O–H groups in total. The largest absolute Gasteiger partial charge is 0.350 e. The van der Waals surface area contributed by atoms with Gasteiger partial charge in [0.05, 0.1) is 0 Å². The molecule has 1 aromatic heterocycles. The number of hydrogen-bond acceptors (Lipinski definition) is 1. The van der Waals surface area contributed by atoms with Crippen molar-refractivity contribution < 1.29 is 0 Å². The van der Waals surface area contributed by atoms with E-state index >= 15 is 0 Å². The van der Waals surface area contributed by atoms with Crippen molar-refractivity contribution in [1.82, 2.24) is 9.47 Å². The Morgan fingerprint density at radius 1 is 1.19 bits per heavy atom. The van der Waals surface area contributed by atoms with Crippen LogP contribution >= 0.6 is 0 Å². The van der Waals surface area contributed by atoms with Gasteiger partial charge in [0.15, 0.2) is 0 Å². The lowest BCUT2D eigenvalue weighted by Crippen LogP contribution is -2.41. The van der Waals surface area contributed by atoms with Crippen molar-refractivity contribution in [3.63, 3.8) is 0 Å². The molecule has 0 aliphatic carbocycles. The highest BCUT2D eigenvalue weighted by molar-refractivity contribution is 5.85. The van der Waals surface area contributed by atoms with E-state index in [0.717, 1.165) is 5.92 Å². The van der Waals surface area contributed by atoms with Gasteiger partial charge in [-0.2, -0.15) is 0 Å². The van der Waals surface area contributed by atoms with Gasteiger partial charge in [0, 0.05) is 43.2 Å². The average molecular weight is 214 g/mol. The number of aryl methyl sites for hydroxylation is 2. The van der Waals surface area contributed by atoms with Gasteiger partial charge in [-0.15, -0.1) is 0 Å². The zero-order chi connectivity index (χ0) is 11.3. The van der Waals surface area contributed by atoms with Crippen molar-refractivity contribution in [3.05, 3.63) is 35.5 Å². The summed E-state index contributed by atoms with van der Waals surface area (Å²) in [6.45, 7) is 4.57. The monoisotopic (exact) mass is 214 g/mol. The second-order valence-corrected chi connectivity index (χ2v) is 5.13. The first kappa shape index (κ1) is 9.91. The quantitative estimate of drug-likeness (QED) is 0.708. The van der Waals surface area contributed by atoms with Crippen LogP contribution in [0.25, 0.3) is 10.9 Å². The van der Waals surface area contributed by atoms with E-state index in [1.54, 1.807) is 0 Å². The number of benzene rings is 1. The van der Waals surface area contributed by atoms with E-state index in [1.165, 1.54) is 35.1 Å². The summed E-state index contributed by atoms with van der Waals surface area (Å²) < 4.78 is 2.25. The molecule has 0 spiro atoms. The van der Waals surface area contributed by atoms with Crippen molar-refractivity contribution in [3.8, 4) is 0 Å². The van der Waals surface area contributed by atoms with Gasteiger partial charge >= 0.3 is 0 Å². The Labute approximate surface area is 96.5 Å². The topological polar surface area (TPSA) is 8.17 Å². The summed E-state index contributed by atoms with van der Waals surface area (Å²) in [5.41, 5.74) is 4.24. The van der Waals surface area contributed by atoms with E-state index in [-0.39, 0.29) is 0 Å². The van der Waals surface area contributed by atoms with Gasteiger partial charge in [-0.25, -0.2) is 0 Å². The van der Waals surface area contributed by atoms with Crippen LogP contribution in [0.5, 0.6) is 0 Å². The van der Waals surface area contributed by atoms with E-state index in [1.807, 2.05) is 0 Å². The van der Waals surface area contributed by atoms with Crippen LogP contribution in [0.15, 0.2) is 24.4 Å². The summed E-state index contributed by atoms with van der Waals surface area (Å²) >= 11 is 0. The fourth-order valence-corrected chi connectivity index (χ4v) is 2.76. The van der Waals surface area contributed by atoms with Crippen molar-refractivity contribution >= 4 is 10.9 Å². The summed E-state index contributed by atoms with van der Waals surface area (Å²) in [5.74, 6) is 0.732. The molecule has 0 bridgehead atoms. The minimum atomic E-state index is 0.732. The molecule has 1 fully saturated rings. The molecule has 1 aromatic carbocycles. The van der Waals surface area contributed by atoms with Gasteiger partial charge < -0.3 is 9.47 Å². The second kappa shape index (κ2) is 3.36. The SMILES string of the molecule is Cc1ccc2c(c1)c(C1CN(C)C1)cn2C. The Morgan fingerprint density at radius 3 is 2.62 bits per heavy atom. The van der Waals surface area contributed by atoms with Crippen LogP contribution in [0.4, 0.5) is 0 Å². The molecule has 2 aromatic rings. The normalized spacial score (nSPS) is 17.9. The molecule has 2 heterocycles. The highest BCUT2D eigenvalue weighted by Gasteiger charge is 2.27. The van der Waals surface area contributed by atoms with Crippen LogP contribution in [0, 0.1) is 6.92 Å². The molecule has 0 unspecified atom stereocenters. The predicted octanol–water partition coefficient (Wildman–Crippen LogP) is 2.52. The molecule has 1 aliphatic rings. The van der Waals surface area contributed by atoms with Crippen LogP contribution in [-0.2, 0) is 7.05 Å². The van der Waals surface area contributed by atoms with E-state index in [9.17, 15) is 0 Å². The molecule has 0 saturated carbocycles. The summed E-state index contributed by atoms with van der Waals surface area (Å²) in [6.07, 6.45) is 2.31. The van der Waals surface area contributed by atoms with Gasteiger partial charge in [-0.1, -0.05) is 11.6 Å². The van der Waals surface area contributed by atoms with E-state index in [0.29, 0.717) is 0 Å². The molecule has 3 rings (SSSR count). The zero-order valence-electron chi connectivity index (χ0n) is 10.2. The van der Waals surface area contributed by atoms with Gasteiger partial charge in [0.2, 0.25) is 0 Å². The van der Waals surface area contributed by atoms with Gasteiger partial charge in [-0.3, -0.25) is 0 Å². The molecule has 2 heteroatoms. The summed E-state index contributed by atoms with van der Waals surface area (Å²) in [5, 5.41) is 1.45. The third-order valence-corrected chi connectivity index (χ3v) is 3.68. The Bertz CT molecular complexity index is 533.